The number of halogens is 3. The molecule has 2 aromatic rings. The van der Waals surface area contributed by atoms with Gasteiger partial charge in [0.05, 0.1) is 5.56 Å². The smallest absolute Gasteiger partial charge is 0.362 e. The summed E-state index contributed by atoms with van der Waals surface area (Å²) in [7, 11) is 1.55. The zero-order valence-corrected chi connectivity index (χ0v) is 14.9. The van der Waals surface area contributed by atoms with Gasteiger partial charge in [-0.05, 0) is 17.7 Å². The highest BCUT2D eigenvalue weighted by Gasteiger charge is 2.30. The van der Waals surface area contributed by atoms with Crippen molar-refractivity contribution in [3.63, 3.8) is 0 Å². The topological polar surface area (TPSA) is 50.6 Å². The summed E-state index contributed by atoms with van der Waals surface area (Å²) in [4.78, 5) is 16.3. The monoisotopic (exact) mass is 382 g/mol. The Balaban J connectivity index is 1.55. The summed E-state index contributed by atoms with van der Waals surface area (Å²) < 4.78 is 45.0. The van der Waals surface area contributed by atoms with Gasteiger partial charge < -0.3 is 9.64 Å². The third kappa shape index (κ3) is 4.86. The van der Waals surface area contributed by atoms with Gasteiger partial charge in [0.1, 0.15) is 12.4 Å². The van der Waals surface area contributed by atoms with Crippen molar-refractivity contribution in [3.05, 3.63) is 53.3 Å². The van der Waals surface area contributed by atoms with E-state index in [1.807, 2.05) is 4.90 Å². The highest BCUT2D eigenvalue weighted by molar-refractivity contribution is 5.92. The van der Waals surface area contributed by atoms with Crippen molar-refractivity contribution in [1.29, 1.82) is 0 Å². The van der Waals surface area contributed by atoms with Gasteiger partial charge in [0.25, 0.3) is 5.91 Å². The first-order chi connectivity index (χ1) is 12.9. The van der Waals surface area contributed by atoms with E-state index in [0.29, 0.717) is 44.0 Å². The summed E-state index contributed by atoms with van der Waals surface area (Å²) in [6.45, 7) is 2.91. The number of methoxy groups -OCH3 is 1. The van der Waals surface area contributed by atoms with Gasteiger partial charge in [0, 0.05) is 46.0 Å². The molecule has 0 saturated carbocycles. The van der Waals surface area contributed by atoms with E-state index in [0.717, 1.165) is 6.07 Å². The number of benzene rings is 1. The number of alkyl halides is 3. The summed E-state index contributed by atoms with van der Waals surface area (Å²) in [5.41, 5.74) is 0.335. The van der Waals surface area contributed by atoms with E-state index >= 15 is 0 Å². The van der Waals surface area contributed by atoms with Crippen molar-refractivity contribution in [1.82, 2.24) is 19.6 Å². The maximum atomic E-state index is 12.8. The zero-order chi connectivity index (χ0) is 19.4. The van der Waals surface area contributed by atoms with Crippen LogP contribution in [0.4, 0.5) is 13.2 Å². The molecule has 6 nitrogen and oxygen atoms in total. The molecule has 0 atom stereocenters. The lowest BCUT2D eigenvalue weighted by Crippen LogP contribution is -2.48. The fourth-order valence-corrected chi connectivity index (χ4v) is 3.06. The normalized spacial score (nSPS) is 15.9. The average molecular weight is 382 g/mol. The Bertz CT molecular complexity index is 783. The second-order valence-electron chi connectivity index (χ2n) is 6.42. The highest BCUT2D eigenvalue weighted by Crippen LogP contribution is 2.29. The van der Waals surface area contributed by atoms with E-state index < -0.39 is 11.7 Å². The first-order valence-electron chi connectivity index (χ1n) is 8.57. The molecule has 0 aliphatic carbocycles. The Morgan fingerprint density at radius 2 is 1.93 bits per heavy atom. The zero-order valence-electron chi connectivity index (χ0n) is 14.9. The molecule has 0 spiro atoms. The molecular weight excluding hydrogens is 361 g/mol. The van der Waals surface area contributed by atoms with Crippen LogP contribution in [-0.2, 0) is 24.2 Å². The Kier molecular flexibility index (Phi) is 5.81. The Hall–Kier alpha value is -2.39. The molecule has 0 N–H and O–H groups in total. The number of amides is 1. The first-order valence-corrected chi connectivity index (χ1v) is 8.57. The number of carbonyl (C=O) groups excluding carboxylic acids is 1. The van der Waals surface area contributed by atoms with Gasteiger partial charge in [-0.1, -0.05) is 18.2 Å². The van der Waals surface area contributed by atoms with Gasteiger partial charge in [-0.2, -0.15) is 18.3 Å². The standard InChI is InChI=1S/C18H21F3N4O2/c1-27-13-25-6-5-16(22-25)17(26)24-9-7-23(8-10-24)12-14-3-2-4-15(11-14)18(19,20)21/h2-6,11H,7-10,12-13H2,1H3. The molecule has 2 heterocycles. The van der Waals surface area contributed by atoms with Gasteiger partial charge in [-0.15, -0.1) is 0 Å². The minimum atomic E-state index is -4.34. The molecule has 1 saturated heterocycles. The van der Waals surface area contributed by atoms with Crippen LogP contribution in [-0.4, -0.2) is 58.8 Å². The average Bonchev–Trinajstić information content (AvgIpc) is 3.10. The summed E-state index contributed by atoms with van der Waals surface area (Å²) in [6, 6.07) is 7.02. The molecule has 0 radical (unpaired) electrons. The van der Waals surface area contributed by atoms with E-state index in [4.69, 9.17) is 4.74 Å². The first kappa shape index (κ1) is 19.4. The molecule has 1 fully saturated rings. The molecule has 146 valence electrons. The Morgan fingerprint density at radius 1 is 1.19 bits per heavy atom. The van der Waals surface area contributed by atoms with Crippen molar-refractivity contribution < 1.29 is 22.7 Å². The van der Waals surface area contributed by atoms with Crippen LogP contribution in [0.2, 0.25) is 0 Å². The lowest BCUT2D eigenvalue weighted by atomic mass is 10.1. The van der Waals surface area contributed by atoms with Crippen molar-refractivity contribution in [2.24, 2.45) is 0 Å². The van der Waals surface area contributed by atoms with Crippen molar-refractivity contribution in [2.75, 3.05) is 33.3 Å². The van der Waals surface area contributed by atoms with Crippen LogP contribution in [0.15, 0.2) is 36.5 Å². The third-order valence-electron chi connectivity index (χ3n) is 4.44. The van der Waals surface area contributed by atoms with Crippen LogP contribution < -0.4 is 0 Å². The van der Waals surface area contributed by atoms with Gasteiger partial charge >= 0.3 is 6.18 Å². The predicted octanol–water partition coefficient (Wildman–Crippen LogP) is 2.46. The van der Waals surface area contributed by atoms with Gasteiger partial charge in [-0.25, -0.2) is 4.68 Å². The molecule has 1 amide bonds. The maximum absolute atomic E-state index is 12.8. The molecule has 1 aromatic carbocycles. The van der Waals surface area contributed by atoms with Crippen molar-refractivity contribution in [2.45, 2.75) is 19.5 Å². The number of piperazine rings is 1. The SMILES string of the molecule is COCn1ccc(C(=O)N2CCN(Cc3cccc(C(F)(F)F)c3)CC2)n1. The minimum absolute atomic E-state index is 0.149. The number of hydrogen-bond donors (Lipinski definition) is 0. The molecule has 1 aromatic heterocycles. The third-order valence-corrected chi connectivity index (χ3v) is 4.44. The van der Waals surface area contributed by atoms with E-state index in [1.165, 1.54) is 16.8 Å². The number of ether oxygens (including phenoxy) is 1. The minimum Gasteiger partial charge on any atom is -0.362 e. The van der Waals surface area contributed by atoms with Crippen LogP contribution >= 0.6 is 0 Å². The summed E-state index contributed by atoms with van der Waals surface area (Å²) in [5.74, 6) is -0.149. The van der Waals surface area contributed by atoms with E-state index in [9.17, 15) is 18.0 Å². The van der Waals surface area contributed by atoms with Crippen LogP contribution in [0, 0.1) is 0 Å². The molecular formula is C18H21F3N4O2. The van der Waals surface area contributed by atoms with Crippen molar-refractivity contribution in [3.8, 4) is 0 Å². The van der Waals surface area contributed by atoms with Crippen LogP contribution in [0.5, 0.6) is 0 Å². The van der Waals surface area contributed by atoms with Crippen LogP contribution in [0.25, 0.3) is 0 Å². The lowest BCUT2D eigenvalue weighted by molar-refractivity contribution is -0.137. The molecule has 27 heavy (non-hydrogen) atoms. The molecule has 0 unspecified atom stereocenters. The lowest BCUT2D eigenvalue weighted by Gasteiger charge is -2.34. The predicted molar refractivity (Wildman–Crippen MR) is 91.9 cm³/mol. The summed E-state index contributed by atoms with van der Waals surface area (Å²) >= 11 is 0. The van der Waals surface area contributed by atoms with Crippen LogP contribution in [0.1, 0.15) is 21.6 Å². The number of aromatic nitrogens is 2. The van der Waals surface area contributed by atoms with E-state index in [2.05, 4.69) is 5.10 Å². The molecule has 0 bridgehead atoms. The molecule has 3 rings (SSSR count). The van der Waals surface area contributed by atoms with Gasteiger partial charge in [-0.3, -0.25) is 9.69 Å². The molecule has 1 aliphatic rings. The quantitative estimate of drug-likeness (QED) is 0.797. The summed E-state index contributed by atoms with van der Waals surface area (Å²) in [6.07, 6.45) is -2.66. The highest BCUT2D eigenvalue weighted by atomic mass is 19.4. The van der Waals surface area contributed by atoms with E-state index in [-0.39, 0.29) is 12.6 Å². The molecule has 1 aliphatic heterocycles. The fraction of sp³-hybridized carbons (Fsp3) is 0.444. The number of hydrogen-bond acceptors (Lipinski definition) is 4. The second-order valence-corrected chi connectivity index (χ2v) is 6.42. The molecule has 9 heteroatoms. The van der Waals surface area contributed by atoms with Gasteiger partial charge in [0.2, 0.25) is 0 Å². The van der Waals surface area contributed by atoms with E-state index in [1.54, 1.807) is 30.3 Å². The van der Waals surface area contributed by atoms with Crippen molar-refractivity contribution >= 4 is 5.91 Å². The summed E-state index contributed by atoms with van der Waals surface area (Å²) in [5, 5.41) is 4.17. The van der Waals surface area contributed by atoms with Crippen LogP contribution in [0.3, 0.4) is 0 Å². The second kappa shape index (κ2) is 8.10. The number of carbonyl (C=O) groups is 1. The largest absolute Gasteiger partial charge is 0.416 e. The Morgan fingerprint density at radius 3 is 2.59 bits per heavy atom. The fourth-order valence-electron chi connectivity index (χ4n) is 3.06. The van der Waals surface area contributed by atoms with Gasteiger partial charge in [0.15, 0.2) is 0 Å². The number of nitrogens with zero attached hydrogens (tertiary/aromatic N) is 4. The maximum Gasteiger partial charge on any atom is 0.416 e. The Labute approximate surface area is 155 Å². The number of rotatable bonds is 5.